The van der Waals surface area contributed by atoms with Gasteiger partial charge in [-0.05, 0) is 35.9 Å². The summed E-state index contributed by atoms with van der Waals surface area (Å²) in [6.07, 6.45) is -9.24. The van der Waals surface area contributed by atoms with Crippen LogP contribution in [-0.2, 0) is 32.8 Å². The SMILES string of the molecule is N/C(CS(=O)(=O)Cc1cccc(C(F)(F)F)c1)=N/OC(=O)c1ccc(C(F)(F)F)cc1. The van der Waals surface area contributed by atoms with Gasteiger partial charge in [0.2, 0.25) is 0 Å². The number of carbonyl (C=O) groups is 1. The van der Waals surface area contributed by atoms with Gasteiger partial charge in [-0.15, -0.1) is 0 Å². The number of halogens is 6. The Balaban J connectivity index is 2.01. The second-order valence-electron chi connectivity index (χ2n) is 6.27. The molecule has 2 aromatic rings. The van der Waals surface area contributed by atoms with Crippen LogP contribution in [0.25, 0.3) is 0 Å². The summed E-state index contributed by atoms with van der Waals surface area (Å²) in [5.41, 5.74) is 2.94. The maximum atomic E-state index is 12.7. The maximum Gasteiger partial charge on any atom is 0.416 e. The Kier molecular flexibility index (Phi) is 6.99. The lowest BCUT2D eigenvalue weighted by atomic mass is 10.1. The number of nitrogens with two attached hydrogens (primary N) is 1. The van der Waals surface area contributed by atoms with Crippen LogP contribution in [0.1, 0.15) is 27.0 Å². The van der Waals surface area contributed by atoms with E-state index in [0.29, 0.717) is 18.2 Å². The summed E-state index contributed by atoms with van der Waals surface area (Å²) < 4.78 is 99.9. The minimum Gasteiger partial charge on any atom is -0.384 e. The molecule has 0 aliphatic carbocycles. The van der Waals surface area contributed by atoms with Gasteiger partial charge in [0.25, 0.3) is 0 Å². The lowest BCUT2D eigenvalue weighted by Gasteiger charge is -2.09. The van der Waals surface area contributed by atoms with E-state index in [1.165, 1.54) is 6.07 Å². The number of hydrogen-bond donors (Lipinski definition) is 1. The van der Waals surface area contributed by atoms with E-state index in [1.807, 2.05) is 0 Å². The number of amidine groups is 1. The number of oxime groups is 1. The molecule has 0 aliphatic heterocycles. The fourth-order valence-electron chi connectivity index (χ4n) is 2.34. The van der Waals surface area contributed by atoms with Gasteiger partial charge in [0, 0.05) is 0 Å². The molecule has 0 spiro atoms. The zero-order chi connectivity index (χ0) is 23.4. The summed E-state index contributed by atoms with van der Waals surface area (Å²) in [4.78, 5) is 16.2. The lowest BCUT2D eigenvalue weighted by molar-refractivity contribution is -0.138. The maximum absolute atomic E-state index is 12.7. The van der Waals surface area contributed by atoms with Gasteiger partial charge in [0.05, 0.1) is 22.4 Å². The van der Waals surface area contributed by atoms with Crippen LogP contribution >= 0.6 is 0 Å². The molecule has 0 radical (unpaired) electrons. The van der Waals surface area contributed by atoms with E-state index >= 15 is 0 Å². The lowest BCUT2D eigenvalue weighted by Crippen LogP contribution is -2.25. The van der Waals surface area contributed by atoms with Crippen LogP contribution in [0.2, 0.25) is 0 Å². The fourth-order valence-corrected chi connectivity index (χ4v) is 3.63. The van der Waals surface area contributed by atoms with Gasteiger partial charge in [-0.3, -0.25) is 0 Å². The van der Waals surface area contributed by atoms with Crippen LogP contribution in [0, 0.1) is 0 Å². The summed E-state index contributed by atoms with van der Waals surface area (Å²) in [5, 5.41) is 3.12. The Morgan fingerprint density at radius 3 is 2.06 bits per heavy atom. The third kappa shape index (κ3) is 7.27. The third-order valence-electron chi connectivity index (χ3n) is 3.70. The van der Waals surface area contributed by atoms with Crippen molar-refractivity contribution >= 4 is 21.6 Å². The second-order valence-corrected chi connectivity index (χ2v) is 8.33. The van der Waals surface area contributed by atoms with Crippen LogP contribution in [0.3, 0.4) is 0 Å². The number of benzene rings is 2. The highest BCUT2D eigenvalue weighted by Crippen LogP contribution is 2.30. The summed E-state index contributed by atoms with van der Waals surface area (Å²) in [5.74, 6) is -3.57. The molecule has 2 aromatic carbocycles. The second kappa shape index (κ2) is 8.96. The first-order valence-corrected chi connectivity index (χ1v) is 10.1. The van der Waals surface area contributed by atoms with Gasteiger partial charge in [-0.1, -0.05) is 23.4 Å². The minimum absolute atomic E-state index is 0.135. The molecule has 0 atom stereocenters. The highest BCUT2D eigenvalue weighted by atomic mass is 32.2. The van der Waals surface area contributed by atoms with E-state index in [0.717, 1.165) is 24.3 Å². The standard InChI is InChI=1S/C18H14F6N2O4S/c19-17(20,21)13-6-4-12(5-7-13)16(27)30-26-15(25)10-31(28,29)9-11-2-1-3-14(8-11)18(22,23)24/h1-8H,9-10H2,(H2,25,26). The van der Waals surface area contributed by atoms with Crippen LogP contribution in [-0.4, -0.2) is 26.0 Å². The topological polar surface area (TPSA) is 98.8 Å². The average molecular weight is 468 g/mol. The van der Waals surface area contributed by atoms with Crippen LogP contribution < -0.4 is 5.73 Å². The van der Waals surface area contributed by atoms with Crippen molar-refractivity contribution in [3.63, 3.8) is 0 Å². The van der Waals surface area contributed by atoms with Crippen molar-refractivity contribution in [2.45, 2.75) is 18.1 Å². The molecule has 31 heavy (non-hydrogen) atoms. The zero-order valence-electron chi connectivity index (χ0n) is 15.4. The van der Waals surface area contributed by atoms with Gasteiger partial charge in [0.15, 0.2) is 15.7 Å². The van der Waals surface area contributed by atoms with Gasteiger partial charge in [-0.2, -0.15) is 26.3 Å². The van der Waals surface area contributed by atoms with Gasteiger partial charge < -0.3 is 10.6 Å². The van der Waals surface area contributed by atoms with Crippen molar-refractivity contribution in [3.05, 3.63) is 70.8 Å². The Morgan fingerprint density at radius 2 is 1.52 bits per heavy atom. The summed E-state index contributed by atoms with van der Waals surface area (Å²) in [7, 11) is -4.07. The van der Waals surface area contributed by atoms with Gasteiger partial charge in [0.1, 0.15) is 5.75 Å². The summed E-state index contributed by atoms with van der Waals surface area (Å²) in [6, 6.07) is 6.65. The van der Waals surface area contributed by atoms with Crippen molar-refractivity contribution in [3.8, 4) is 0 Å². The molecule has 0 saturated carbocycles. The fraction of sp³-hybridized carbons (Fsp3) is 0.222. The number of carbonyl (C=O) groups excluding carboxylic acids is 1. The molecule has 2 N–H and O–H groups in total. The van der Waals surface area contributed by atoms with Gasteiger partial charge in [-0.25, -0.2) is 13.2 Å². The van der Waals surface area contributed by atoms with Crippen molar-refractivity contribution < 1.29 is 44.4 Å². The number of sulfone groups is 1. The van der Waals surface area contributed by atoms with E-state index in [-0.39, 0.29) is 11.1 Å². The van der Waals surface area contributed by atoms with Crippen molar-refractivity contribution in [1.82, 2.24) is 0 Å². The van der Waals surface area contributed by atoms with E-state index in [9.17, 15) is 39.6 Å². The smallest absolute Gasteiger partial charge is 0.384 e. The summed E-state index contributed by atoms with van der Waals surface area (Å²) in [6.45, 7) is 0. The predicted octanol–water partition coefficient (Wildman–Crippen LogP) is 3.77. The Hall–Kier alpha value is -3.09. The molecule has 0 aromatic heterocycles. The first-order chi connectivity index (χ1) is 14.2. The molecule has 0 unspecified atom stereocenters. The molecular weight excluding hydrogens is 454 g/mol. The van der Waals surface area contributed by atoms with E-state index < -0.39 is 56.6 Å². The Morgan fingerprint density at radius 1 is 0.935 bits per heavy atom. The summed E-state index contributed by atoms with van der Waals surface area (Å²) >= 11 is 0. The van der Waals surface area contributed by atoms with E-state index in [2.05, 4.69) is 9.99 Å². The Bertz CT molecular complexity index is 1080. The molecule has 0 amide bonds. The molecule has 0 saturated heterocycles. The number of rotatable bonds is 6. The highest BCUT2D eigenvalue weighted by Gasteiger charge is 2.31. The Labute approximate surface area is 172 Å². The number of alkyl halides is 6. The molecule has 2 rings (SSSR count). The van der Waals surface area contributed by atoms with Crippen LogP contribution in [0.5, 0.6) is 0 Å². The normalized spacial score (nSPS) is 13.2. The van der Waals surface area contributed by atoms with Crippen LogP contribution in [0.15, 0.2) is 53.7 Å². The van der Waals surface area contributed by atoms with Crippen molar-refractivity contribution in [2.24, 2.45) is 10.9 Å². The molecule has 0 fully saturated rings. The molecule has 168 valence electrons. The van der Waals surface area contributed by atoms with Crippen LogP contribution in [0.4, 0.5) is 26.3 Å². The number of nitrogens with zero attached hydrogens (tertiary/aromatic N) is 1. The average Bonchev–Trinajstić information content (AvgIpc) is 2.64. The third-order valence-corrected chi connectivity index (χ3v) is 5.21. The molecule has 13 heteroatoms. The van der Waals surface area contributed by atoms with Gasteiger partial charge >= 0.3 is 18.3 Å². The molecule has 0 bridgehead atoms. The zero-order valence-corrected chi connectivity index (χ0v) is 16.2. The largest absolute Gasteiger partial charge is 0.416 e. The van der Waals surface area contributed by atoms with E-state index in [1.54, 1.807) is 0 Å². The molecule has 0 aliphatic rings. The molecule has 6 nitrogen and oxygen atoms in total. The minimum atomic E-state index is -4.65. The number of hydrogen-bond acceptors (Lipinski definition) is 5. The quantitative estimate of drug-likeness (QED) is 0.229. The molecular formula is C18H14F6N2O4S. The van der Waals surface area contributed by atoms with E-state index in [4.69, 9.17) is 5.73 Å². The molecule has 0 heterocycles. The van der Waals surface area contributed by atoms with Crippen molar-refractivity contribution in [1.29, 1.82) is 0 Å². The van der Waals surface area contributed by atoms with Crippen molar-refractivity contribution in [2.75, 3.05) is 5.75 Å². The first-order valence-electron chi connectivity index (χ1n) is 8.25. The highest BCUT2D eigenvalue weighted by molar-refractivity contribution is 7.91. The first kappa shape index (κ1) is 24.2. The predicted molar refractivity (Wildman–Crippen MR) is 97.4 cm³/mol. The monoisotopic (exact) mass is 468 g/mol.